The van der Waals surface area contributed by atoms with Crippen LogP contribution in [0.5, 0.6) is 0 Å². The number of aryl methyl sites for hydroxylation is 1. The van der Waals surface area contributed by atoms with Crippen molar-refractivity contribution in [3.8, 4) is 0 Å². The number of hydrogen-bond donors (Lipinski definition) is 1. The number of carbonyl (C=O) groups is 1. The van der Waals surface area contributed by atoms with Crippen LogP contribution >= 0.6 is 0 Å². The third kappa shape index (κ3) is 2.82. The van der Waals surface area contributed by atoms with Crippen LogP contribution in [-0.2, 0) is 0 Å². The predicted molar refractivity (Wildman–Crippen MR) is 64.9 cm³/mol. The van der Waals surface area contributed by atoms with E-state index in [0.29, 0.717) is 16.9 Å². The smallest absolute Gasteiger partial charge is 0.274 e. The molecule has 1 amide bonds. The van der Waals surface area contributed by atoms with Crippen molar-refractivity contribution < 1.29 is 13.6 Å². The van der Waals surface area contributed by atoms with Crippen LogP contribution in [0.15, 0.2) is 46.1 Å². The molecule has 0 atom stereocenters. The third-order valence-corrected chi connectivity index (χ3v) is 2.33. The van der Waals surface area contributed by atoms with Gasteiger partial charge in [0.1, 0.15) is 11.6 Å². The van der Waals surface area contributed by atoms with Crippen molar-refractivity contribution >= 4 is 12.1 Å². The Bertz CT molecular complexity index is 590. The molecule has 0 saturated carbocycles. The molecule has 1 aromatic heterocycles. The van der Waals surface area contributed by atoms with E-state index in [1.165, 1.54) is 24.6 Å². The summed E-state index contributed by atoms with van der Waals surface area (Å²) >= 11 is 0. The monoisotopic (exact) mass is 246 g/mol. The van der Waals surface area contributed by atoms with Crippen LogP contribution in [0, 0.1) is 12.7 Å². The van der Waals surface area contributed by atoms with E-state index in [9.17, 15) is 9.18 Å². The highest BCUT2D eigenvalue weighted by molar-refractivity contribution is 5.95. The second-order valence-electron chi connectivity index (χ2n) is 3.64. The van der Waals surface area contributed by atoms with E-state index in [0.717, 1.165) is 0 Å². The van der Waals surface area contributed by atoms with Gasteiger partial charge in [-0.15, -0.1) is 0 Å². The largest absolute Gasteiger partial charge is 0.469 e. The van der Waals surface area contributed by atoms with Gasteiger partial charge in [-0.25, -0.2) is 9.82 Å². The molecule has 0 spiro atoms. The zero-order chi connectivity index (χ0) is 13.0. The lowest BCUT2D eigenvalue weighted by molar-refractivity contribution is 0.0953. The molecule has 1 heterocycles. The number of hydrazone groups is 1. The van der Waals surface area contributed by atoms with E-state index in [-0.39, 0.29) is 11.7 Å². The van der Waals surface area contributed by atoms with Gasteiger partial charge in [0.2, 0.25) is 0 Å². The Morgan fingerprint density at radius 2 is 2.28 bits per heavy atom. The quantitative estimate of drug-likeness (QED) is 0.668. The molecule has 0 aliphatic rings. The van der Waals surface area contributed by atoms with Crippen molar-refractivity contribution in [2.75, 3.05) is 0 Å². The fourth-order valence-electron chi connectivity index (χ4n) is 1.43. The number of hydrogen-bond acceptors (Lipinski definition) is 3. The van der Waals surface area contributed by atoms with Crippen LogP contribution in [0.25, 0.3) is 0 Å². The average Bonchev–Trinajstić information content (AvgIpc) is 2.75. The Hall–Kier alpha value is -2.43. The summed E-state index contributed by atoms with van der Waals surface area (Å²) in [6.07, 6.45) is 2.80. The maximum atomic E-state index is 12.9. The molecule has 0 aliphatic heterocycles. The molecular formula is C13H11FN2O2. The molecule has 92 valence electrons. The summed E-state index contributed by atoms with van der Waals surface area (Å²) < 4.78 is 17.9. The fourth-order valence-corrected chi connectivity index (χ4v) is 1.43. The lowest BCUT2D eigenvalue weighted by Gasteiger charge is -1.97. The Morgan fingerprint density at radius 1 is 1.44 bits per heavy atom. The molecule has 1 aromatic carbocycles. The Morgan fingerprint density at radius 3 is 2.94 bits per heavy atom. The molecule has 5 heteroatoms. The number of benzene rings is 1. The first-order chi connectivity index (χ1) is 8.66. The van der Waals surface area contributed by atoms with Gasteiger partial charge in [0, 0.05) is 0 Å². The van der Waals surface area contributed by atoms with Crippen LogP contribution in [0.3, 0.4) is 0 Å². The molecule has 18 heavy (non-hydrogen) atoms. The molecule has 0 saturated heterocycles. The number of nitrogens with one attached hydrogen (secondary N) is 1. The van der Waals surface area contributed by atoms with E-state index in [2.05, 4.69) is 10.5 Å². The van der Waals surface area contributed by atoms with Crippen LogP contribution in [-0.4, -0.2) is 12.1 Å². The highest BCUT2D eigenvalue weighted by atomic mass is 19.1. The summed E-state index contributed by atoms with van der Waals surface area (Å²) in [6.45, 7) is 1.69. The third-order valence-electron chi connectivity index (χ3n) is 2.33. The Kier molecular flexibility index (Phi) is 3.52. The van der Waals surface area contributed by atoms with Gasteiger partial charge < -0.3 is 4.42 Å². The molecule has 1 N–H and O–H groups in total. The topological polar surface area (TPSA) is 54.6 Å². The minimum Gasteiger partial charge on any atom is -0.469 e. The van der Waals surface area contributed by atoms with Crippen LogP contribution in [0.4, 0.5) is 4.39 Å². The Labute approximate surface area is 103 Å². The SMILES string of the molecule is Cc1occc1C(=O)N/N=C/c1cccc(F)c1. The van der Waals surface area contributed by atoms with Crippen molar-refractivity contribution in [3.05, 3.63) is 59.3 Å². The van der Waals surface area contributed by atoms with Gasteiger partial charge in [0.25, 0.3) is 5.91 Å². The molecule has 0 bridgehead atoms. The van der Waals surface area contributed by atoms with Gasteiger partial charge in [-0.2, -0.15) is 5.10 Å². The number of nitrogens with zero attached hydrogens (tertiary/aromatic N) is 1. The summed E-state index contributed by atoms with van der Waals surface area (Å²) in [5, 5.41) is 3.75. The molecule has 2 aromatic rings. The normalized spacial score (nSPS) is 10.8. The van der Waals surface area contributed by atoms with Crippen molar-refractivity contribution in [3.63, 3.8) is 0 Å². The van der Waals surface area contributed by atoms with Crippen LogP contribution < -0.4 is 5.43 Å². The molecule has 4 nitrogen and oxygen atoms in total. The van der Waals surface area contributed by atoms with E-state index in [4.69, 9.17) is 4.42 Å². The lowest BCUT2D eigenvalue weighted by Crippen LogP contribution is -2.17. The van der Waals surface area contributed by atoms with E-state index in [1.807, 2.05) is 0 Å². The van der Waals surface area contributed by atoms with Crippen molar-refractivity contribution in [2.24, 2.45) is 5.10 Å². The first kappa shape index (κ1) is 12.0. The second kappa shape index (κ2) is 5.27. The van der Waals surface area contributed by atoms with Gasteiger partial charge in [-0.05, 0) is 30.7 Å². The standard InChI is InChI=1S/C13H11FN2O2/c1-9-12(5-6-18-9)13(17)16-15-8-10-3-2-4-11(14)7-10/h2-8H,1H3,(H,16,17)/b15-8+. The summed E-state index contributed by atoms with van der Waals surface area (Å²) in [7, 11) is 0. The lowest BCUT2D eigenvalue weighted by atomic mass is 10.2. The van der Waals surface area contributed by atoms with Crippen LogP contribution in [0.1, 0.15) is 21.7 Å². The van der Waals surface area contributed by atoms with Crippen molar-refractivity contribution in [1.29, 1.82) is 0 Å². The van der Waals surface area contributed by atoms with E-state index in [1.54, 1.807) is 25.1 Å². The average molecular weight is 246 g/mol. The molecule has 2 rings (SSSR count). The zero-order valence-electron chi connectivity index (χ0n) is 9.68. The fraction of sp³-hybridized carbons (Fsp3) is 0.0769. The molecular weight excluding hydrogens is 235 g/mol. The van der Waals surface area contributed by atoms with Gasteiger partial charge >= 0.3 is 0 Å². The maximum absolute atomic E-state index is 12.9. The highest BCUT2D eigenvalue weighted by Gasteiger charge is 2.09. The zero-order valence-corrected chi connectivity index (χ0v) is 9.68. The van der Waals surface area contributed by atoms with E-state index >= 15 is 0 Å². The van der Waals surface area contributed by atoms with Crippen LogP contribution in [0.2, 0.25) is 0 Å². The van der Waals surface area contributed by atoms with Gasteiger partial charge in [-0.1, -0.05) is 12.1 Å². The highest BCUT2D eigenvalue weighted by Crippen LogP contribution is 2.08. The minimum absolute atomic E-state index is 0.351. The summed E-state index contributed by atoms with van der Waals surface area (Å²) in [4.78, 5) is 11.6. The second-order valence-corrected chi connectivity index (χ2v) is 3.64. The van der Waals surface area contributed by atoms with E-state index < -0.39 is 0 Å². The molecule has 0 aliphatic carbocycles. The van der Waals surface area contributed by atoms with Gasteiger partial charge in [-0.3, -0.25) is 4.79 Å². The molecule has 0 radical (unpaired) electrons. The van der Waals surface area contributed by atoms with Crippen molar-refractivity contribution in [2.45, 2.75) is 6.92 Å². The van der Waals surface area contributed by atoms with Crippen molar-refractivity contribution in [1.82, 2.24) is 5.43 Å². The number of halogens is 1. The summed E-state index contributed by atoms with van der Waals surface area (Å²) in [6, 6.07) is 7.46. The number of amides is 1. The Balaban J connectivity index is 2.00. The first-order valence-electron chi connectivity index (χ1n) is 5.30. The number of carbonyl (C=O) groups excluding carboxylic acids is 1. The molecule has 0 unspecified atom stereocenters. The maximum Gasteiger partial charge on any atom is 0.274 e. The first-order valence-corrected chi connectivity index (χ1v) is 5.30. The predicted octanol–water partition coefficient (Wildman–Crippen LogP) is 2.49. The minimum atomic E-state index is -0.367. The van der Waals surface area contributed by atoms with Gasteiger partial charge in [0.15, 0.2) is 0 Å². The summed E-state index contributed by atoms with van der Waals surface area (Å²) in [5.74, 6) is -0.196. The number of furan rings is 1. The number of rotatable bonds is 3. The summed E-state index contributed by atoms with van der Waals surface area (Å²) in [5.41, 5.74) is 3.33. The van der Waals surface area contributed by atoms with Gasteiger partial charge in [0.05, 0.1) is 18.0 Å². The molecule has 0 fully saturated rings.